The number of hydrogen-bond acceptors (Lipinski definition) is 3. The van der Waals surface area contributed by atoms with Crippen molar-refractivity contribution in [3.63, 3.8) is 0 Å². The van der Waals surface area contributed by atoms with Crippen molar-refractivity contribution in [2.75, 3.05) is 13.1 Å². The molecule has 0 bridgehead atoms. The van der Waals surface area contributed by atoms with Gasteiger partial charge in [-0.15, -0.1) is 0 Å². The van der Waals surface area contributed by atoms with Crippen molar-refractivity contribution < 1.29 is 14.4 Å². The molecular weight excluding hydrogens is 364 g/mol. The summed E-state index contributed by atoms with van der Waals surface area (Å²) in [5.41, 5.74) is 0. The SMILES string of the molecule is CCCCCCCCCCCCCC(=O)N1CCCC1C(=O)N1CCCC1[C]=O. The number of unbranched alkanes of at least 4 members (excludes halogenated alkanes) is 10. The van der Waals surface area contributed by atoms with Gasteiger partial charge in [-0.25, -0.2) is 0 Å². The molecule has 1 radical (unpaired) electrons. The Hall–Kier alpha value is -1.39. The Morgan fingerprint density at radius 1 is 0.793 bits per heavy atom. The summed E-state index contributed by atoms with van der Waals surface area (Å²) in [5.74, 6) is 0.0724. The summed E-state index contributed by atoms with van der Waals surface area (Å²) in [4.78, 5) is 40.0. The standard InChI is InChI=1S/C24H41N2O3/c1-2-3-4-5-6-7-8-9-10-11-12-17-23(28)26-19-14-16-22(26)24(29)25-18-13-15-21(25)20-27/h21-22H,2-19H2,1H3. The molecule has 0 aromatic heterocycles. The molecule has 0 aromatic rings. The lowest BCUT2D eigenvalue weighted by atomic mass is 10.0. The van der Waals surface area contributed by atoms with Gasteiger partial charge in [0.2, 0.25) is 18.1 Å². The minimum atomic E-state index is -0.410. The quantitative estimate of drug-likeness (QED) is 0.391. The predicted octanol–water partition coefficient (Wildman–Crippen LogP) is 4.78. The van der Waals surface area contributed by atoms with Gasteiger partial charge in [0, 0.05) is 19.5 Å². The molecule has 0 aliphatic carbocycles. The Balaban J connectivity index is 1.58. The van der Waals surface area contributed by atoms with E-state index in [1.807, 2.05) is 6.29 Å². The van der Waals surface area contributed by atoms with Crippen LogP contribution in [0.5, 0.6) is 0 Å². The molecule has 2 aliphatic rings. The second-order valence-electron chi connectivity index (χ2n) is 8.84. The van der Waals surface area contributed by atoms with Crippen molar-refractivity contribution >= 4 is 18.1 Å². The first kappa shape index (κ1) is 23.9. The molecule has 2 heterocycles. The lowest BCUT2D eigenvalue weighted by Crippen LogP contribution is -2.49. The molecule has 0 aromatic carbocycles. The third-order valence-electron chi connectivity index (χ3n) is 6.52. The number of nitrogens with zero attached hydrogens (tertiary/aromatic N) is 2. The maximum absolute atomic E-state index is 12.8. The Bertz CT molecular complexity index is 508. The summed E-state index contributed by atoms with van der Waals surface area (Å²) in [6, 6.07) is -0.768. The zero-order valence-electron chi connectivity index (χ0n) is 18.5. The van der Waals surface area contributed by atoms with E-state index < -0.39 is 6.04 Å². The van der Waals surface area contributed by atoms with Crippen molar-refractivity contribution in [3.05, 3.63) is 0 Å². The highest BCUT2D eigenvalue weighted by atomic mass is 16.2. The lowest BCUT2D eigenvalue weighted by molar-refractivity contribution is -0.143. The molecule has 2 aliphatic heterocycles. The second-order valence-corrected chi connectivity index (χ2v) is 8.84. The number of hydrogen-bond donors (Lipinski definition) is 0. The Morgan fingerprint density at radius 2 is 1.34 bits per heavy atom. The van der Waals surface area contributed by atoms with Gasteiger partial charge in [-0.2, -0.15) is 0 Å². The van der Waals surface area contributed by atoms with Crippen molar-refractivity contribution in [3.8, 4) is 0 Å². The average Bonchev–Trinajstić information content (AvgIpc) is 3.40. The minimum absolute atomic E-state index is 0.0411. The van der Waals surface area contributed by atoms with E-state index in [2.05, 4.69) is 6.92 Å². The van der Waals surface area contributed by atoms with E-state index in [1.54, 1.807) is 9.80 Å². The van der Waals surface area contributed by atoms with Gasteiger partial charge in [0.15, 0.2) is 0 Å². The fourth-order valence-corrected chi connectivity index (χ4v) is 4.75. The highest BCUT2D eigenvalue weighted by Gasteiger charge is 2.39. The second kappa shape index (κ2) is 13.8. The maximum atomic E-state index is 12.8. The van der Waals surface area contributed by atoms with Crippen molar-refractivity contribution in [1.82, 2.24) is 9.80 Å². The summed E-state index contributed by atoms with van der Waals surface area (Å²) < 4.78 is 0. The van der Waals surface area contributed by atoms with Crippen LogP contribution in [0.2, 0.25) is 0 Å². The molecular formula is C24H41N2O3. The van der Waals surface area contributed by atoms with Gasteiger partial charge in [-0.1, -0.05) is 71.1 Å². The normalized spacial score (nSPS) is 21.7. The number of likely N-dealkylation sites (tertiary alicyclic amines) is 2. The fourth-order valence-electron chi connectivity index (χ4n) is 4.75. The van der Waals surface area contributed by atoms with Gasteiger partial charge in [-0.05, 0) is 32.1 Å². The summed E-state index contributed by atoms with van der Waals surface area (Å²) in [7, 11) is 0. The summed E-state index contributed by atoms with van der Waals surface area (Å²) >= 11 is 0. The first-order valence-corrected chi connectivity index (χ1v) is 12.2. The van der Waals surface area contributed by atoms with Gasteiger partial charge in [0.05, 0.1) is 6.04 Å². The van der Waals surface area contributed by atoms with Gasteiger partial charge in [0.1, 0.15) is 6.04 Å². The van der Waals surface area contributed by atoms with E-state index in [1.165, 1.54) is 57.8 Å². The molecule has 2 fully saturated rings. The number of rotatable bonds is 14. The van der Waals surface area contributed by atoms with Crippen LogP contribution >= 0.6 is 0 Å². The highest BCUT2D eigenvalue weighted by molar-refractivity contribution is 5.90. The van der Waals surface area contributed by atoms with Crippen molar-refractivity contribution in [2.24, 2.45) is 0 Å². The monoisotopic (exact) mass is 405 g/mol. The van der Waals surface area contributed by atoms with E-state index in [9.17, 15) is 14.4 Å². The Morgan fingerprint density at radius 3 is 1.97 bits per heavy atom. The van der Waals surface area contributed by atoms with E-state index >= 15 is 0 Å². The Labute approximate surface area is 177 Å². The number of carbonyl (C=O) groups is 2. The van der Waals surface area contributed by atoms with E-state index in [4.69, 9.17) is 0 Å². The molecule has 2 saturated heterocycles. The largest absolute Gasteiger partial charge is 0.331 e. The molecule has 2 atom stereocenters. The van der Waals surface area contributed by atoms with Crippen LogP contribution in [0.3, 0.4) is 0 Å². The van der Waals surface area contributed by atoms with E-state index in [0.717, 1.165) is 32.1 Å². The van der Waals surface area contributed by atoms with Crippen LogP contribution in [0.15, 0.2) is 0 Å². The van der Waals surface area contributed by atoms with Crippen molar-refractivity contribution in [2.45, 2.75) is 122 Å². The summed E-state index contributed by atoms with van der Waals surface area (Å²) in [6.45, 7) is 3.55. The number of amides is 2. The van der Waals surface area contributed by atoms with Gasteiger partial charge < -0.3 is 9.80 Å². The molecule has 2 amide bonds. The third-order valence-corrected chi connectivity index (χ3v) is 6.52. The first-order chi connectivity index (χ1) is 14.2. The fraction of sp³-hybridized carbons (Fsp3) is 0.875. The topological polar surface area (TPSA) is 57.7 Å². The Kier molecular flexibility index (Phi) is 11.3. The van der Waals surface area contributed by atoms with Crippen molar-refractivity contribution in [1.29, 1.82) is 0 Å². The van der Waals surface area contributed by atoms with Crippen LogP contribution in [-0.4, -0.2) is 53.1 Å². The van der Waals surface area contributed by atoms with Crippen LogP contribution < -0.4 is 0 Å². The zero-order valence-corrected chi connectivity index (χ0v) is 18.5. The molecule has 29 heavy (non-hydrogen) atoms. The minimum Gasteiger partial charge on any atom is -0.331 e. The molecule has 0 N–H and O–H groups in total. The van der Waals surface area contributed by atoms with Crippen LogP contribution in [0.25, 0.3) is 0 Å². The molecule has 5 heteroatoms. The van der Waals surface area contributed by atoms with Crippen LogP contribution in [-0.2, 0) is 14.4 Å². The van der Waals surface area contributed by atoms with Gasteiger partial charge >= 0.3 is 0 Å². The molecule has 165 valence electrons. The molecule has 0 saturated carbocycles. The van der Waals surface area contributed by atoms with E-state index in [-0.39, 0.29) is 17.9 Å². The molecule has 2 unspecified atom stereocenters. The summed E-state index contributed by atoms with van der Waals surface area (Å²) in [5, 5.41) is 0. The number of carbonyl (C=O) groups excluding carboxylic acids is 3. The van der Waals surface area contributed by atoms with Gasteiger partial charge in [-0.3, -0.25) is 14.4 Å². The molecule has 0 spiro atoms. The van der Waals surface area contributed by atoms with E-state index in [0.29, 0.717) is 25.9 Å². The lowest BCUT2D eigenvalue weighted by Gasteiger charge is -2.29. The van der Waals surface area contributed by atoms with Crippen LogP contribution in [0.4, 0.5) is 0 Å². The zero-order chi connectivity index (χ0) is 20.9. The smallest absolute Gasteiger partial charge is 0.246 e. The summed E-state index contributed by atoms with van der Waals surface area (Å²) in [6.07, 6.45) is 19.6. The molecule has 5 nitrogen and oxygen atoms in total. The average molecular weight is 406 g/mol. The first-order valence-electron chi connectivity index (χ1n) is 12.2. The third kappa shape index (κ3) is 7.75. The van der Waals surface area contributed by atoms with Gasteiger partial charge in [0.25, 0.3) is 0 Å². The molecule has 2 rings (SSSR count). The highest BCUT2D eigenvalue weighted by Crippen LogP contribution is 2.25. The predicted molar refractivity (Wildman–Crippen MR) is 116 cm³/mol. The maximum Gasteiger partial charge on any atom is 0.246 e. The van der Waals surface area contributed by atoms with Crippen LogP contribution in [0.1, 0.15) is 110 Å². The van der Waals surface area contributed by atoms with Crippen LogP contribution in [0, 0.1) is 0 Å².